The molecule has 0 aliphatic carbocycles. The zero-order chi connectivity index (χ0) is 19.6. The second kappa shape index (κ2) is 7.41. The number of hydrogen-bond donors (Lipinski definition) is 2. The van der Waals surface area contributed by atoms with E-state index in [4.69, 9.17) is 0 Å². The topological polar surface area (TPSA) is 76.0 Å². The highest BCUT2D eigenvalue weighted by molar-refractivity contribution is 5.99. The lowest BCUT2D eigenvalue weighted by atomic mass is 10.2. The van der Waals surface area contributed by atoms with E-state index in [1.54, 1.807) is 37.3 Å². The summed E-state index contributed by atoms with van der Waals surface area (Å²) >= 11 is 0. The molecule has 0 saturated carbocycles. The first kappa shape index (κ1) is 18.3. The average Bonchev–Trinajstić information content (AvgIpc) is 2.95. The molecular formula is C20H19FN4O2. The van der Waals surface area contributed by atoms with Gasteiger partial charge in [-0.2, -0.15) is 0 Å². The predicted octanol–water partition coefficient (Wildman–Crippen LogP) is 3.01. The highest BCUT2D eigenvalue weighted by atomic mass is 19.1. The van der Waals surface area contributed by atoms with Crippen LogP contribution in [-0.2, 0) is 0 Å². The molecule has 6 nitrogen and oxygen atoms in total. The van der Waals surface area contributed by atoms with E-state index in [2.05, 4.69) is 15.8 Å². The third-order valence-corrected chi connectivity index (χ3v) is 4.22. The zero-order valence-corrected chi connectivity index (χ0v) is 15.2. The van der Waals surface area contributed by atoms with Gasteiger partial charge in [-0.05, 0) is 63.2 Å². The van der Waals surface area contributed by atoms with E-state index in [1.807, 2.05) is 18.4 Å². The van der Waals surface area contributed by atoms with Gasteiger partial charge in [0.15, 0.2) is 0 Å². The van der Waals surface area contributed by atoms with Crippen LogP contribution in [-0.4, -0.2) is 21.4 Å². The van der Waals surface area contributed by atoms with Crippen molar-refractivity contribution >= 4 is 11.8 Å². The number of hydrazine groups is 1. The fourth-order valence-electron chi connectivity index (χ4n) is 2.84. The van der Waals surface area contributed by atoms with Gasteiger partial charge in [-0.1, -0.05) is 0 Å². The molecule has 0 aliphatic heterocycles. The molecule has 2 heterocycles. The molecule has 0 atom stereocenters. The molecule has 0 saturated heterocycles. The Bertz CT molecular complexity index is 992. The number of hydrogen-bond acceptors (Lipinski definition) is 3. The molecule has 27 heavy (non-hydrogen) atoms. The first-order valence-electron chi connectivity index (χ1n) is 8.35. The highest BCUT2D eigenvalue weighted by Gasteiger charge is 2.17. The molecule has 0 spiro atoms. The molecule has 0 fully saturated rings. The number of amides is 2. The molecule has 2 N–H and O–H groups in total. The minimum atomic E-state index is -0.455. The van der Waals surface area contributed by atoms with Gasteiger partial charge < -0.3 is 4.57 Å². The number of carbonyl (C=O) groups is 2. The SMILES string of the molecule is Cc1ccc(C(=O)NNC(=O)c2cc(C)n(-c3ccc(F)cc3)c2C)cn1. The van der Waals surface area contributed by atoms with Crippen molar-refractivity contribution in [3.63, 3.8) is 0 Å². The van der Waals surface area contributed by atoms with Gasteiger partial charge in [0.2, 0.25) is 0 Å². The molecule has 1 aromatic carbocycles. The van der Waals surface area contributed by atoms with Crippen LogP contribution in [0.25, 0.3) is 5.69 Å². The molecule has 7 heteroatoms. The van der Waals surface area contributed by atoms with Crippen LogP contribution in [0, 0.1) is 26.6 Å². The van der Waals surface area contributed by atoms with Gasteiger partial charge in [0.25, 0.3) is 11.8 Å². The number of aromatic nitrogens is 2. The fraction of sp³-hybridized carbons (Fsp3) is 0.150. The quantitative estimate of drug-likeness (QED) is 0.700. The molecule has 3 rings (SSSR count). The summed E-state index contributed by atoms with van der Waals surface area (Å²) in [6.45, 7) is 5.46. The van der Waals surface area contributed by atoms with Crippen LogP contribution in [0.3, 0.4) is 0 Å². The summed E-state index contributed by atoms with van der Waals surface area (Å²) in [6.07, 6.45) is 1.44. The predicted molar refractivity (Wildman–Crippen MR) is 99.1 cm³/mol. The number of benzene rings is 1. The van der Waals surface area contributed by atoms with Crippen molar-refractivity contribution in [2.75, 3.05) is 0 Å². The Kier molecular flexibility index (Phi) is 5.03. The number of nitrogens with zero attached hydrogens (tertiary/aromatic N) is 2. The largest absolute Gasteiger partial charge is 0.318 e. The Labute approximate surface area is 156 Å². The summed E-state index contributed by atoms with van der Waals surface area (Å²) in [6, 6.07) is 11.1. The van der Waals surface area contributed by atoms with E-state index in [0.717, 1.165) is 17.1 Å². The number of carbonyl (C=O) groups excluding carboxylic acids is 2. The molecule has 2 amide bonds. The van der Waals surface area contributed by atoms with Gasteiger partial charge in [-0.25, -0.2) is 4.39 Å². The average molecular weight is 366 g/mol. The summed E-state index contributed by atoms with van der Waals surface area (Å²) in [7, 11) is 0. The standard InChI is InChI=1S/C20H19FN4O2/c1-12-4-5-15(11-22-12)19(26)23-24-20(27)18-10-13(2)25(14(18)3)17-8-6-16(21)7-9-17/h4-11H,1-3H3,(H,23,26)(H,24,27). The van der Waals surface area contributed by atoms with Crippen LogP contribution in [0.2, 0.25) is 0 Å². The van der Waals surface area contributed by atoms with Crippen LogP contribution in [0.1, 0.15) is 37.8 Å². The lowest BCUT2D eigenvalue weighted by Gasteiger charge is -2.10. The van der Waals surface area contributed by atoms with Crippen LogP contribution in [0.5, 0.6) is 0 Å². The summed E-state index contributed by atoms with van der Waals surface area (Å²) in [4.78, 5) is 28.6. The van der Waals surface area contributed by atoms with Gasteiger partial charge in [0.05, 0.1) is 11.1 Å². The van der Waals surface area contributed by atoms with Gasteiger partial charge in [-0.15, -0.1) is 0 Å². The maximum Gasteiger partial charge on any atom is 0.271 e. The summed E-state index contributed by atoms with van der Waals surface area (Å²) in [5.74, 6) is -1.22. The van der Waals surface area contributed by atoms with Gasteiger partial charge in [0, 0.05) is 29.0 Å². The maximum absolute atomic E-state index is 13.2. The van der Waals surface area contributed by atoms with E-state index in [9.17, 15) is 14.0 Å². The minimum Gasteiger partial charge on any atom is -0.318 e. The number of halogens is 1. The number of pyridine rings is 1. The van der Waals surface area contributed by atoms with Crippen LogP contribution in [0.4, 0.5) is 4.39 Å². The second-order valence-corrected chi connectivity index (χ2v) is 6.19. The fourth-order valence-corrected chi connectivity index (χ4v) is 2.84. The van der Waals surface area contributed by atoms with Crippen LogP contribution >= 0.6 is 0 Å². The zero-order valence-electron chi connectivity index (χ0n) is 15.2. The van der Waals surface area contributed by atoms with E-state index in [1.165, 1.54) is 18.3 Å². The summed E-state index contributed by atoms with van der Waals surface area (Å²) in [5.41, 5.74) is 8.60. The molecule has 0 radical (unpaired) electrons. The monoisotopic (exact) mass is 366 g/mol. The van der Waals surface area contributed by atoms with Gasteiger partial charge >= 0.3 is 0 Å². The Hall–Kier alpha value is -3.48. The molecular weight excluding hydrogens is 347 g/mol. The smallest absolute Gasteiger partial charge is 0.271 e. The summed E-state index contributed by atoms with van der Waals surface area (Å²) in [5, 5.41) is 0. The molecule has 2 aromatic heterocycles. The molecule has 3 aromatic rings. The minimum absolute atomic E-state index is 0.326. The molecule has 0 unspecified atom stereocenters. The third kappa shape index (κ3) is 3.87. The van der Waals surface area contributed by atoms with E-state index >= 15 is 0 Å². The van der Waals surface area contributed by atoms with Gasteiger partial charge in [-0.3, -0.25) is 25.4 Å². The van der Waals surface area contributed by atoms with E-state index in [-0.39, 0.29) is 5.82 Å². The van der Waals surface area contributed by atoms with E-state index in [0.29, 0.717) is 16.8 Å². The number of rotatable bonds is 3. The maximum atomic E-state index is 13.2. The first-order chi connectivity index (χ1) is 12.9. The van der Waals surface area contributed by atoms with Crippen molar-refractivity contribution in [3.05, 3.63) is 82.7 Å². The molecule has 138 valence electrons. The molecule has 0 bridgehead atoms. The highest BCUT2D eigenvalue weighted by Crippen LogP contribution is 2.21. The van der Waals surface area contributed by atoms with E-state index < -0.39 is 11.8 Å². The van der Waals surface area contributed by atoms with Crippen molar-refractivity contribution in [2.45, 2.75) is 20.8 Å². The lowest BCUT2D eigenvalue weighted by Crippen LogP contribution is -2.41. The molecule has 0 aliphatic rings. The Balaban J connectivity index is 1.75. The number of nitrogens with one attached hydrogen (secondary N) is 2. The lowest BCUT2D eigenvalue weighted by molar-refractivity contribution is 0.0846. The number of aryl methyl sites for hydroxylation is 2. The van der Waals surface area contributed by atoms with Crippen molar-refractivity contribution < 1.29 is 14.0 Å². The Morgan fingerprint density at radius 2 is 1.63 bits per heavy atom. The Morgan fingerprint density at radius 3 is 2.26 bits per heavy atom. The van der Waals surface area contributed by atoms with Crippen molar-refractivity contribution in [1.29, 1.82) is 0 Å². The first-order valence-corrected chi connectivity index (χ1v) is 8.35. The van der Waals surface area contributed by atoms with Crippen molar-refractivity contribution in [3.8, 4) is 5.69 Å². The van der Waals surface area contributed by atoms with Crippen molar-refractivity contribution in [1.82, 2.24) is 20.4 Å². The summed E-state index contributed by atoms with van der Waals surface area (Å²) < 4.78 is 15.0. The third-order valence-electron chi connectivity index (χ3n) is 4.22. The second-order valence-electron chi connectivity index (χ2n) is 6.19. The Morgan fingerprint density at radius 1 is 0.963 bits per heavy atom. The van der Waals surface area contributed by atoms with Crippen LogP contribution in [0.15, 0.2) is 48.7 Å². The van der Waals surface area contributed by atoms with Gasteiger partial charge in [0.1, 0.15) is 5.82 Å². The van der Waals surface area contributed by atoms with Crippen LogP contribution < -0.4 is 10.9 Å². The normalized spacial score (nSPS) is 10.5. The van der Waals surface area contributed by atoms with Crippen molar-refractivity contribution in [2.24, 2.45) is 0 Å².